The predicted octanol–water partition coefficient (Wildman–Crippen LogP) is -0.759. The maximum absolute atomic E-state index is 10.8. The molecule has 5 nitrogen and oxygen atoms in total. The van der Waals surface area contributed by atoms with Crippen LogP contribution >= 0.6 is 0 Å². The van der Waals surface area contributed by atoms with Crippen LogP contribution in [0.4, 0.5) is 0 Å². The standard InChI is InChI=1S/C7H16N2O3Si2/c1-2-4-7(10)12-5-3-6-14-9(11)8-13/h2,4H,3,5-6,14H2,1,13H3. The summed E-state index contributed by atoms with van der Waals surface area (Å²) in [6.45, 7) is 2.15. The van der Waals surface area contributed by atoms with Gasteiger partial charge in [-0.1, -0.05) is 6.08 Å². The number of carbonyl (C=O) groups is 1. The fourth-order valence-electron chi connectivity index (χ4n) is 0.806. The highest BCUT2D eigenvalue weighted by Crippen LogP contribution is 1.92. The Bertz CT molecular complexity index is 231. The summed E-state index contributed by atoms with van der Waals surface area (Å²) in [5, 5.41) is 10.7. The molecule has 0 saturated heterocycles. The fraction of sp³-hybridized carbons (Fsp3) is 0.571. The van der Waals surface area contributed by atoms with Crippen molar-refractivity contribution in [3.63, 3.8) is 0 Å². The van der Waals surface area contributed by atoms with Gasteiger partial charge >= 0.3 is 15.7 Å². The molecule has 0 fully saturated rings. The molecule has 0 saturated carbocycles. The molecule has 0 rings (SSSR count). The van der Waals surface area contributed by atoms with E-state index in [-0.39, 0.29) is 5.97 Å². The number of allylic oxidation sites excluding steroid dienone is 1. The van der Waals surface area contributed by atoms with Crippen molar-refractivity contribution in [2.75, 3.05) is 6.61 Å². The quantitative estimate of drug-likeness (QED) is 0.151. The van der Waals surface area contributed by atoms with Crippen LogP contribution in [0.25, 0.3) is 0 Å². The highest BCUT2D eigenvalue weighted by molar-refractivity contribution is 6.25. The molecule has 0 aromatic carbocycles. The van der Waals surface area contributed by atoms with Crippen LogP contribution in [0.5, 0.6) is 0 Å². The van der Waals surface area contributed by atoms with Gasteiger partial charge in [-0.05, 0) is 13.3 Å². The van der Waals surface area contributed by atoms with Crippen molar-refractivity contribution in [2.24, 2.45) is 4.78 Å². The molecule has 0 heterocycles. The normalized spacial score (nSPS) is 13.1. The lowest BCUT2D eigenvalue weighted by Gasteiger charge is -2.01. The molecule has 0 aromatic rings. The predicted molar refractivity (Wildman–Crippen MR) is 59.7 cm³/mol. The summed E-state index contributed by atoms with van der Waals surface area (Å²) in [7, 11) is -0.216. The Morgan fingerprint density at radius 1 is 1.79 bits per heavy atom. The summed E-state index contributed by atoms with van der Waals surface area (Å²) in [5.41, 5.74) is 0. The van der Waals surface area contributed by atoms with Gasteiger partial charge in [0.05, 0.1) is 6.61 Å². The minimum absolute atomic E-state index is 0.319. The second-order valence-corrected chi connectivity index (χ2v) is 4.75. The van der Waals surface area contributed by atoms with E-state index >= 15 is 0 Å². The van der Waals surface area contributed by atoms with Crippen molar-refractivity contribution in [1.82, 2.24) is 0 Å². The molecule has 0 bridgehead atoms. The number of carbonyl (C=O) groups excluding carboxylic acids is 1. The second-order valence-electron chi connectivity index (χ2n) is 2.65. The zero-order valence-electron chi connectivity index (χ0n) is 8.60. The van der Waals surface area contributed by atoms with Crippen molar-refractivity contribution < 1.29 is 14.1 Å². The van der Waals surface area contributed by atoms with Gasteiger partial charge in [0.15, 0.2) is 0 Å². The second kappa shape index (κ2) is 8.63. The molecule has 7 heteroatoms. The van der Waals surface area contributed by atoms with Crippen molar-refractivity contribution in [3.8, 4) is 0 Å². The van der Waals surface area contributed by atoms with Crippen LogP contribution in [-0.2, 0) is 9.53 Å². The van der Waals surface area contributed by atoms with E-state index in [1.807, 2.05) is 0 Å². The molecule has 80 valence electrons. The van der Waals surface area contributed by atoms with E-state index in [1.165, 1.54) is 6.08 Å². The van der Waals surface area contributed by atoms with Crippen molar-refractivity contribution in [3.05, 3.63) is 17.4 Å². The zero-order chi connectivity index (χ0) is 10.8. The van der Waals surface area contributed by atoms with Crippen LogP contribution in [0.3, 0.4) is 0 Å². The van der Waals surface area contributed by atoms with Gasteiger partial charge < -0.3 is 9.94 Å². The molecule has 0 aromatic heterocycles. The summed E-state index contributed by atoms with van der Waals surface area (Å²) in [4.78, 5) is 10.8. The number of esters is 1. The lowest BCUT2D eigenvalue weighted by Crippen LogP contribution is -2.09. The van der Waals surface area contributed by atoms with E-state index in [0.29, 0.717) is 17.0 Å². The van der Waals surface area contributed by atoms with Gasteiger partial charge in [0, 0.05) is 12.1 Å². The van der Waals surface area contributed by atoms with Crippen LogP contribution in [0.2, 0.25) is 6.04 Å². The Labute approximate surface area is 88.8 Å². The first-order chi connectivity index (χ1) is 6.70. The molecule has 0 atom stereocenters. The summed E-state index contributed by atoms with van der Waals surface area (Å²) in [6, 6.07) is 0.832. The van der Waals surface area contributed by atoms with Gasteiger partial charge in [0.1, 0.15) is 0 Å². The van der Waals surface area contributed by atoms with E-state index in [9.17, 15) is 10.0 Å². The Balaban J connectivity index is 3.34. The third-order valence-electron chi connectivity index (χ3n) is 1.51. The third kappa shape index (κ3) is 7.68. The maximum Gasteiger partial charge on any atom is 0.367 e. The number of hydrogen-bond acceptors (Lipinski definition) is 4. The van der Waals surface area contributed by atoms with E-state index in [0.717, 1.165) is 17.0 Å². The molecule has 0 unspecified atom stereocenters. The van der Waals surface area contributed by atoms with E-state index in [2.05, 4.69) is 4.78 Å². The zero-order valence-corrected chi connectivity index (χ0v) is 12.0. The maximum atomic E-state index is 10.8. The van der Waals surface area contributed by atoms with Crippen LogP contribution in [0.1, 0.15) is 13.3 Å². The van der Waals surface area contributed by atoms with Crippen molar-refractivity contribution in [1.29, 1.82) is 0 Å². The monoisotopic (exact) mass is 232 g/mol. The molecule has 0 aliphatic rings. The summed E-state index contributed by atoms with van der Waals surface area (Å²) < 4.78 is 9.28. The van der Waals surface area contributed by atoms with Gasteiger partial charge in [-0.2, -0.15) is 4.53 Å². The van der Waals surface area contributed by atoms with Crippen LogP contribution in [0.15, 0.2) is 16.9 Å². The van der Waals surface area contributed by atoms with Crippen LogP contribution < -0.4 is 0 Å². The van der Waals surface area contributed by atoms with E-state index < -0.39 is 9.68 Å². The van der Waals surface area contributed by atoms with Gasteiger partial charge in [-0.3, -0.25) is 0 Å². The SMILES string of the molecule is CC=CC(=O)OCCC[SiH2][N+]([O-])=N[SiH3]. The molecule has 0 amide bonds. The Kier molecular flexibility index (Phi) is 8.04. The van der Waals surface area contributed by atoms with Crippen molar-refractivity contribution >= 4 is 26.1 Å². The van der Waals surface area contributed by atoms with Crippen LogP contribution in [-0.4, -0.2) is 37.2 Å². The Morgan fingerprint density at radius 2 is 2.50 bits per heavy atom. The molecule has 0 radical (unpaired) electrons. The van der Waals surface area contributed by atoms with Gasteiger partial charge in [-0.15, -0.1) is 4.78 Å². The lowest BCUT2D eigenvalue weighted by atomic mass is 10.5. The van der Waals surface area contributed by atoms with Crippen LogP contribution in [0, 0.1) is 5.21 Å². The minimum atomic E-state index is -0.784. The Morgan fingerprint density at radius 3 is 3.07 bits per heavy atom. The first-order valence-corrected chi connectivity index (χ1v) is 7.07. The Hall–Kier alpha value is -0.956. The van der Waals surface area contributed by atoms with E-state index in [4.69, 9.17) is 4.74 Å². The topological polar surface area (TPSA) is 64.7 Å². The number of hydrogen-bond donors (Lipinski definition) is 0. The highest BCUT2D eigenvalue weighted by atomic mass is 28.2. The number of ether oxygens (including phenoxy) is 1. The van der Waals surface area contributed by atoms with Gasteiger partial charge in [-0.25, -0.2) is 4.79 Å². The lowest BCUT2D eigenvalue weighted by molar-refractivity contribution is -0.370. The average molecular weight is 232 g/mol. The number of rotatable bonds is 6. The fourth-order valence-corrected chi connectivity index (χ4v) is 2.30. The molecular formula is C7H16N2O3Si2. The van der Waals surface area contributed by atoms with Crippen molar-refractivity contribution in [2.45, 2.75) is 19.4 Å². The molecule has 0 spiro atoms. The molecule has 0 aliphatic heterocycles. The molecule has 0 N–H and O–H groups in total. The minimum Gasteiger partial charge on any atom is -0.622 e. The molecular weight excluding hydrogens is 216 g/mol. The highest BCUT2D eigenvalue weighted by Gasteiger charge is 1.99. The first-order valence-electron chi connectivity index (χ1n) is 4.54. The summed E-state index contributed by atoms with van der Waals surface area (Å²) in [5.74, 6) is -0.319. The third-order valence-corrected chi connectivity index (χ3v) is 4.01. The summed E-state index contributed by atoms with van der Waals surface area (Å²) in [6.07, 6.45) is 3.77. The largest absolute Gasteiger partial charge is 0.622 e. The van der Waals surface area contributed by atoms with E-state index in [1.54, 1.807) is 13.0 Å². The summed E-state index contributed by atoms with van der Waals surface area (Å²) >= 11 is 0. The molecule has 0 aliphatic carbocycles. The number of nitrogens with zero attached hydrogens (tertiary/aromatic N) is 2. The first kappa shape index (κ1) is 13.0. The smallest absolute Gasteiger partial charge is 0.367 e. The molecule has 14 heavy (non-hydrogen) atoms. The van der Waals surface area contributed by atoms with Gasteiger partial charge in [0.25, 0.3) is 0 Å². The average Bonchev–Trinajstić information content (AvgIpc) is 2.17. The van der Waals surface area contributed by atoms with Gasteiger partial charge in [0.2, 0.25) is 10.4 Å².